The molecule has 6 nitrogen and oxygen atoms in total. The molecule has 0 bridgehead atoms. The number of halogens is 1. The van der Waals surface area contributed by atoms with Crippen molar-refractivity contribution in [3.8, 4) is 0 Å². The fourth-order valence-corrected chi connectivity index (χ4v) is 2.69. The summed E-state index contributed by atoms with van der Waals surface area (Å²) < 4.78 is 1.82. The summed E-state index contributed by atoms with van der Waals surface area (Å²) >= 11 is 5.94. The average Bonchev–Trinajstić information content (AvgIpc) is 3.06. The van der Waals surface area contributed by atoms with Gasteiger partial charge in [0.25, 0.3) is 5.91 Å². The molecule has 2 N–H and O–H groups in total. The predicted molar refractivity (Wildman–Crippen MR) is 100 cm³/mol. The summed E-state index contributed by atoms with van der Waals surface area (Å²) in [6.07, 6.45) is 4.52. The summed E-state index contributed by atoms with van der Waals surface area (Å²) in [5.41, 5.74) is 2.16. The zero-order valence-electron chi connectivity index (χ0n) is 14.1. The van der Waals surface area contributed by atoms with Crippen molar-refractivity contribution in [2.24, 2.45) is 0 Å². The third kappa shape index (κ3) is 4.83. The van der Waals surface area contributed by atoms with E-state index >= 15 is 0 Å². The van der Waals surface area contributed by atoms with Crippen LogP contribution in [0.15, 0.2) is 54.9 Å². The lowest BCUT2D eigenvalue weighted by atomic mass is 10.2. The molecule has 26 heavy (non-hydrogen) atoms. The number of carbonyl (C=O) groups excluding carboxylic acids is 2. The Morgan fingerprint density at radius 1 is 1.04 bits per heavy atom. The first kappa shape index (κ1) is 17.9. The van der Waals surface area contributed by atoms with Gasteiger partial charge in [-0.2, -0.15) is 0 Å². The molecule has 0 aliphatic rings. The lowest BCUT2D eigenvalue weighted by Crippen LogP contribution is -2.27. The smallest absolute Gasteiger partial charge is 0.251 e. The molecule has 0 saturated heterocycles. The summed E-state index contributed by atoms with van der Waals surface area (Å²) in [6.45, 7) is 0.808. The van der Waals surface area contributed by atoms with E-state index in [2.05, 4.69) is 15.6 Å². The first-order valence-corrected chi connectivity index (χ1v) is 8.73. The van der Waals surface area contributed by atoms with Crippen molar-refractivity contribution in [2.75, 3.05) is 6.54 Å². The molecule has 0 spiro atoms. The van der Waals surface area contributed by atoms with Gasteiger partial charge in [-0.1, -0.05) is 29.8 Å². The molecular weight excluding hydrogens is 352 g/mol. The molecule has 7 heteroatoms. The van der Waals surface area contributed by atoms with Crippen molar-refractivity contribution in [3.63, 3.8) is 0 Å². The van der Waals surface area contributed by atoms with Gasteiger partial charge in [0.15, 0.2) is 0 Å². The molecule has 3 rings (SSSR count). The highest BCUT2D eigenvalue weighted by Gasteiger charge is 2.07. The molecular formula is C19H19ClN4O2. The quantitative estimate of drug-likeness (QED) is 0.628. The molecule has 0 radical (unpaired) electrons. The molecule has 134 valence electrons. The number of fused-ring (bicyclic) bond motifs is 1. The number of rotatable bonds is 7. The molecule has 0 atom stereocenters. The second kappa shape index (κ2) is 8.49. The second-order valence-electron chi connectivity index (χ2n) is 5.85. The standard InChI is InChI=1S/C19H19ClN4O2/c20-15-8-9-17-23-16(13-24(17)12-15)11-22-18(25)7-4-10-21-19(26)14-5-2-1-3-6-14/h1-3,5-6,8-9,12-13H,4,7,10-11H2,(H,21,26)(H,22,25). The van der Waals surface area contributed by atoms with Gasteiger partial charge in [-0.05, 0) is 30.7 Å². The van der Waals surface area contributed by atoms with Gasteiger partial charge in [0.1, 0.15) is 5.65 Å². The summed E-state index contributed by atoms with van der Waals surface area (Å²) in [5, 5.41) is 6.27. The summed E-state index contributed by atoms with van der Waals surface area (Å²) in [5.74, 6) is -0.205. The molecule has 0 aliphatic carbocycles. The van der Waals surface area contributed by atoms with E-state index in [-0.39, 0.29) is 11.8 Å². The molecule has 0 unspecified atom stereocenters. The molecule has 3 aromatic rings. The normalized spacial score (nSPS) is 10.7. The van der Waals surface area contributed by atoms with Gasteiger partial charge in [-0.3, -0.25) is 9.59 Å². The van der Waals surface area contributed by atoms with E-state index in [9.17, 15) is 9.59 Å². The molecule has 0 fully saturated rings. The number of hydrogen-bond acceptors (Lipinski definition) is 3. The van der Waals surface area contributed by atoms with E-state index < -0.39 is 0 Å². The van der Waals surface area contributed by atoms with Crippen LogP contribution in [0.3, 0.4) is 0 Å². The van der Waals surface area contributed by atoms with E-state index in [0.717, 1.165) is 11.3 Å². The van der Waals surface area contributed by atoms with Gasteiger partial charge in [-0.15, -0.1) is 0 Å². The molecule has 2 heterocycles. The summed E-state index contributed by atoms with van der Waals surface area (Å²) in [6, 6.07) is 12.6. The van der Waals surface area contributed by atoms with Gasteiger partial charge in [0, 0.05) is 30.9 Å². The average molecular weight is 371 g/mol. The van der Waals surface area contributed by atoms with Crippen LogP contribution in [0, 0.1) is 0 Å². The van der Waals surface area contributed by atoms with E-state index in [1.807, 2.05) is 34.9 Å². The Hall–Kier alpha value is -2.86. The third-order valence-electron chi connectivity index (χ3n) is 3.83. The fourth-order valence-electron chi connectivity index (χ4n) is 2.52. The Labute approximate surface area is 156 Å². The van der Waals surface area contributed by atoms with Crippen LogP contribution in [0.5, 0.6) is 0 Å². The number of nitrogens with one attached hydrogen (secondary N) is 2. The monoisotopic (exact) mass is 370 g/mol. The number of pyridine rings is 1. The second-order valence-corrected chi connectivity index (χ2v) is 6.28. The Balaban J connectivity index is 1.38. The number of hydrogen-bond donors (Lipinski definition) is 2. The lowest BCUT2D eigenvalue weighted by molar-refractivity contribution is -0.121. The zero-order valence-corrected chi connectivity index (χ0v) is 14.9. The summed E-state index contributed by atoms with van der Waals surface area (Å²) in [7, 11) is 0. The molecule has 2 amide bonds. The number of imidazole rings is 1. The highest BCUT2D eigenvalue weighted by atomic mass is 35.5. The van der Waals surface area contributed by atoms with Gasteiger partial charge in [-0.25, -0.2) is 4.98 Å². The highest BCUT2D eigenvalue weighted by molar-refractivity contribution is 6.30. The Morgan fingerprint density at radius 2 is 1.85 bits per heavy atom. The summed E-state index contributed by atoms with van der Waals surface area (Å²) in [4.78, 5) is 28.2. The molecule has 1 aromatic carbocycles. The van der Waals surface area contributed by atoms with Crippen molar-refractivity contribution < 1.29 is 9.59 Å². The Bertz CT molecular complexity index is 908. The number of nitrogens with zero attached hydrogens (tertiary/aromatic N) is 2. The number of aromatic nitrogens is 2. The van der Waals surface area contributed by atoms with E-state index in [1.165, 1.54) is 0 Å². The Morgan fingerprint density at radius 3 is 2.65 bits per heavy atom. The maximum atomic E-state index is 11.9. The van der Waals surface area contributed by atoms with Crippen LogP contribution in [-0.2, 0) is 11.3 Å². The SMILES string of the molecule is O=C(CCCNC(=O)c1ccccc1)NCc1cn2cc(Cl)ccc2n1. The first-order chi connectivity index (χ1) is 12.6. The topological polar surface area (TPSA) is 75.5 Å². The van der Waals surface area contributed by atoms with Crippen LogP contribution in [0.4, 0.5) is 0 Å². The van der Waals surface area contributed by atoms with Crippen LogP contribution >= 0.6 is 11.6 Å². The van der Waals surface area contributed by atoms with Crippen LogP contribution < -0.4 is 10.6 Å². The van der Waals surface area contributed by atoms with Crippen LogP contribution in [0.2, 0.25) is 5.02 Å². The van der Waals surface area contributed by atoms with Gasteiger partial charge in [0.2, 0.25) is 5.91 Å². The minimum Gasteiger partial charge on any atom is -0.352 e. The fraction of sp³-hybridized carbons (Fsp3) is 0.211. The maximum Gasteiger partial charge on any atom is 0.251 e. The van der Waals surface area contributed by atoms with Crippen molar-refractivity contribution in [1.82, 2.24) is 20.0 Å². The maximum absolute atomic E-state index is 11.9. The highest BCUT2D eigenvalue weighted by Crippen LogP contribution is 2.11. The van der Waals surface area contributed by atoms with Gasteiger partial charge in [0.05, 0.1) is 17.3 Å². The van der Waals surface area contributed by atoms with E-state index in [4.69, 9.17) is 11.6 Å². The number of amides is 2. The van der Waals surface area contributed by atoms with E-state index in [1.54, 1.807) is 24.4 Å². The van der Waals surface area contributed by atoms with Gasteiger partial charge < -0.3 is 15.0 Å². The largest absolute Gasteiger partial charge is 0.352 e. The molecule has 0 saturated carbocycles. The van der Waals surface area contributed by atoms with E-state index in [0.29, 0.717) is 36.5 Å². The van der Waals surface area contributed by atoms with Crippen LogP contribution in [0.1, 0.15) is 28.9 Å². The minimum atomic E-state index is -0.130. The van der Waals surface area contributed by atoms with Gasteiger partial charge >= 0.3 is 0 Å². The number of carbonyl (C=O) groups is 2. The van der Waals surface area contributed by atoms with Crippen molar-refractivity contribution >= 4 is 29.1 Å². The van der Waals surface area contributed by atoms with Crippen molar-refractivity contribution in [1.29, 1.82) is 0 Å². The first-order valence-electron chi connectivity index (χ1n) is 8.35. The van der Waals surface area contributed by atoms with Crippen molar-refractivity contribution in [2.45, 2.75) is 19.4 Å². The van der Waals surface area contributed by atoms with Crippen molar-refractivity contribution in [3.05, 3.63) is 71.1 Å². The number of benzene rings is 1. The van der Waals surface area contributed by atoms with Crippen LogP contribution in [-0.4, -0.2) is 27.7 Å². The Kier molecular flexibility index (Phi) is 5.86. The molecule has 0 aliphatic heterocycles. The third-order valence-corrected chi connectivity index (χ3v) is 4.06. The molecule has 2 aromatic heterocycles. The lowest BCUT2D eigenvalue weighted by Gasteiger charge is -2.06. The predicted octanol–water partition coefficient (Wildman–Crippen LogP) is 2.81. The van der Waals surface area contributed by atoms with Crippen LogP contribution in [0.25, 0.3) is 5.65 Å². The zero-order chi connectivity index (χ0) is 18.4. The minimum absolute atomic E-state index is 0.0750.